The molecule has 0 aliphatic heterocycles. The fraction of sp³-hybridized carbons (Fsp3) is 0.143. The fourth-order valence-electron chi connectivity index (χ4n) is 0.786. The predicted octanol–water partition coefficient (Wildman–Crippen LogP) is 1.59. The highest BCUT2D eigenvalue weighted by Gasteiger charge is 1.90. The third kappa shape index (κ3) is 0.857. The summed E-state index contributed by atoms with van der Waals surface area (Å²) >= 11 is 0. The average Bonchev–Trinajstić information content (AvgIpc) is 2.33. The van der Waals surface area contributed by atoms with E-state index in [4.69, 9.17) is 0 Å². The number of nitrogens with one attached hydrogen (secondary N) is 1. The Hall–Kier alpha value is -1.38. The molecule has 10 heavy (non-hydrogen) atoms. The van der Waals surface area contributed by atoms with E-state index in [1.165, 1.54) is 0 Å². The smallest absolute Gasteiger partial charge is 0.112 e. The zero-order chi connectivity index (χ0) is 6.10. The molecule has 2 rings (SSSR count). The van der Waals surface area contributed by atoms with E-state index in [9.17, 15) is 0 Å². The highest BCUT2D eigenvalue weighted by atomic mass is 15.3. The highest BCUT2D eigenvalue weighted by molar-refractivity contribution is 5.72. The van der Waals surface area contributed by atoms with Gasteiger partial charge in [-0.3, -0.25) is 0 Å². The summed E-state index contributed by atoms with van der Waals surface area (Å²) in [5.41, 5.74) is 1.83. The Kier molecular flexibility index (Phi) is 1.67. The van der Waals surface area contributed by atoms with Crippen molar-refractivity contribution in [3.8, 4) is 0 Å². The SMILES string of the molecule is C.c1ccc2n[nH]nc2c1. The monoisotopic (exact) mass is 135 g/mol. The molecule has 0 saturated carbocycles. The van der Waals surface area contributed by atoms with Crippen LogP contribution in [0, 0.1) is 0 Å². The minimum atomic E-state index is 0. The van der Waals surface area contributed by atoms with Crippen LogP contribution >= 0.6 is 0 Å². The minimum Gasteiger partial charge on any atom is -0.197 e. The molecule has 3 heteroatoms. The molecule has 0 aliphatic rings. The first-order valence-electron chi connectivity index (χ1n) is 2.72. The molecule has 0 fully saturated rings. The van der Waals surface area contributed by atoms with Gasteiger partial charge in [-0.1, -0.05) is 19.6 Å². The van der Waals surface area contributed by atoms with Crippen LogP contribution in [-0.4, -0.2) is 15.4 Å². The van der Waals surface area contributed by atoms with Crippen molar-refractivity contribution in [2.45, 2.75) is 7.43 Å². The maximum Gasteiger partial charge on any atom is 0.112 e. The molecule has 0 bridgehead atoms. The van der Waals surface area contributed by atoms with Crippen molar-refractivity contribution in [1.29, 1.82) is 0 Å². The van der Waals surface area contributed by atoms with Gasteiger partial charge in [-0.05, 0) is 12.1 Å². The molecule has 0 amide bonds. The number of hydrogen-bond acceptors (Lipinski definition) is 2. The Morgan fingerprint density at radius 2 is 1.50 bits per heavy atom. The lowest BCUT2D eigenvalue weighted by Gasteiger charge is -1.78. The number of aromatic nitrogens is 3. The van der Waals surface area contributed by atoms with Gasteiger partial charge in [0.2, 0.25) is 0 Å². The number of H-pyrrole nitrogens is 1. The first-order chi connectivity index (χ1) is 4.47. The van der Waals surface area contributed by atoms with Crippen LogP contribution in [0.25, 0.3) is 11.0 Å². The Morgan fingerprint density at radius 1 is 1.00 bits per heavy atom. The standard InChI is InChI=1S/C6H5N3.CH4/c1-2-4-6-5(3-1)7-9-8-6;/h1-4H,(H,7,8,9);1H4. The Balaban J connectivity index is 0.000000500. The van der Waals surface area contributed by atoms with Crippen molar-refractivity contribution < 1.29 is 0 Å². The van der Waals surface area contributed by atoms with Gasteiger partial charge in [0.1, 0.15) is 11.0 Å². The number of benzene rings is 1. The van der Waals surface area contributed by atoms with Crippen LogP contribution in [0.2, 0.25) is 0 Å². The van der Waals surface area contributed by atoms with E-state index < -0.39 is 0 Å². The molecule has 1 heterocycles. The Morgan fingerprint density at radius 3 is 2.00 bits per heavy atom. The van der Waals surface area contributed by atoms with E-state index in [1.807, 2.05) is 24.3 Å². The Labute approximate surface area is 59.1 Å². The molecule has 0 radical (unpaired) electrons. The minimum absolute atomic E-state index is 0. The second-order valence-electron chi connectivity index (χ2n) is 1.81. The zero-order valence-electron chi connectivity index (χ0n) is 4.70. The van der Waals surface area contributed by atoms with E-state index in [-0.39, 0.29) is 7.43 Å². The van der Waals surface area contributed by atoms with E-state index in [1.54, 1.807) is 0 Å². The van der Waals surface area contributed by atoms with Crippen molar-refractivity contribution in [3.63, 3.8) is 0 Å². The molecular formula is C7H9N3. The van der Waals surface area contributed by atoms with E-state index in [0.29, 0.717) is 0 Å². The van der Waals surface area contributed by atoms with Gasteiger partial charge in [0.15, 0.2) is 0 Å². The quantitative estimate of drug-likeness (QED) is 0.596. The molecule has 0 spiro atoms. The second kappa shape index (κ2) is 2.47. The number of fused-ring (bicyclic) bond motifs is 1. The number of nitrogens with zero attached hydrogens (tertiary/aromatic N) is 2. The van der Waals surface area contributed by atoms with Crippen LogP contribution in [0.15, 0.2) is 24.3 Å². The molecule has 2 aromatic rings. The largest absolute Gasteiger partial charge is 0.197 e. The van der Waals surface area contributed by atoms with Crippen molar-refractivity contribution in [1.82, 2.24) is 15.4 Å². The first kappa shape index (κ1) is 6.74. The molecule has 3 nitrogen and oxygen atoms in total. The van der Waals surface area contributed by atoms with Crippen LogP contribution in [0.4, 0.5) is 0 Å². The Bertz CT molecular complexity index is 283. The van der Waals surface area contributed by atoms with Gasteiger partial charge in [-0.25, -0.2) is 0 Å². The van der Waals surface area contributed by atoms with Crippen LogP contribution in [0.3, 0.4) is 0 Å². The summed E-state index contributed by atoms with van der Waals surface area (Å²) in [5.74, 6) is 0. The summed E-state index contributed by atoms with van der Waals surface area (Å²) in [6.45, 7) is 0. The molecule has 1 N–H and O–H groups in total. The number of rotatable bonds is 0. The van der Waals surface area contributed by atoms with Gasteiger partial charge >= 0.3 is 0 Å². The summed E-state index contributed by atoms with van der Waals surface area (Å²) in [4.78, 5) is 0. The normalized spacial score (nSPS) is 9.20. The predicted molar refractivity (Wildman–Crippen MR) is 40.6 cm³/mol. The maximum atomic E-state index is 3.88. The van der Waals surface area contributed by atoms with E-state index >= 15 is 0 Å². The highest BCUT2D eigenvalue weighted by Crippen LogP contribution is 2.03. The molecule has 1 aromatic carbocycles. The van der Waals surface area contributed by atoms with Gasteiger partial charge < -0.3 is 0 Å². The topological polar surface area (TPSA) is 41.6 Å². The van der Waals surface area contributed by atoms with Crippen molar-refractivity contribution in [2.24, 2.45) is 0 Å². The summed E-state index contributed by atoms with van der Waals surface area (Å²) in [5, 5.41) is 10.3. The van der Waals surface area contributed by atoms with Crippen LogP contribution in [0.1, 0.15) is 7.43 Å². The lowest BCUT2D eigenvalue weighted by Crippen LogP contribution is -1.63. The van der Waals surface area contributed by atoms with Gasteiger partial charge in [-0.15, -0.1) is 0 Å². The molecule has 0 atom stereocenters. The van der Waals surface area contributed by atoms with Crippen LogP contribution in [0.5, 0.6) is 0 Å². The maximum absolute atomic E-state index is 3.88. The second-order valence-corrected chi connectivity index (χ2v) is 1.81. The first-order valence-corrected chi connectivity index (χ1v) is 2.72. The third-order valence-electron chi connectivity index (χ3n) is 1.22. The van der Waals surface area contributed by atoms with Gasteiger partial charge in [0.05, 0.1) is 0 Å². The van der Waals surface area contributed by atoms with E-state index in [0.717, 1.165) is 11.0 Å². The molecule has 52 valence electrons. The molecule has 0 aliphatic carbocycles. The van der Waals surface area contributed by atoms with Crippen molar-refractivity contribution in [2.75, 3.05) is 0 Å². The third-order valence-corrected chi connectivity index (χ3v) is 1.22. The molecular weight excluding hydrogens is 126 g/mol. The van der Waals surface area contributed by atoms with Crippen molar-refractivity contribution in [3.05, 3.63) is 24.3 Å². The molecule has 0 saturated heterocycles. The van der Waals surface area contributed by atoms with Gasteiger partial charge in [0, 0.05) is 0 Å². The number of aromatic amines is 1. The average molecular weight is 135 g/mol. The van der Waals surface area contributed by atoms with Crippen LogP contribution in [-0.2, 0) is 0 Å². The van der Waals surface area contributed by atoms with Gasteiger partial charge in [-0.2, -0.15) is 15.4 Å². The lowest BCUT2D eigenvalue weighted by molar-refractivity contribution is 0.959. The zero-order valence-corrected chi connectivity index (χ0v) is 4.70. The van der Waals surface area contributed by atoms with E-state index in [2.05, 4.69) is 15.4 Å². The number of para-hydroxylation sites is 2. The summed E-state index contributed by atoms with van der Waals surface area (Å²) in [6, 6.07) is 7.70. The number of hydrogen-bond donors (Lipinski definition) is 1. The summed E-state index contributed by atoms with van der Waals surface area (Å²) < 4.78 is 0. The summed E-state index contributed by atoms with van der Waals surface area (Å²) in [6.07, 6.45) is 0. The van der Waals surface area contributed by atoms with Crippen molar-refractivity contribution >= 4 is 11.0 Å². The van der Waals surface area contributed by atoms with Crippen LogP contribution < -0.4 is 0 Å². The summed E-state index contributed by atoms with van der Waals surface area (Å²) in [7, 11) is 0. The molecule has 0 unspecified atom stereocenters. The fourth-order valence-corrected chi connectivity index (χ4v) is 0.786. The lowest BCUT2D eigenvalue weighted by atomic mass is 10.3. The molecule has 1 aromatic heterocycles. The van der Waals surface area contributed by atoms with Gasteiger partial charge in [0.25, 0.3) is 0 Å².